The zero-order valence-corrected chi connectivity index (χ0v) is 30.8. The Labute approximate surface area is 305 Å². The SMILES string of the molecule is C[C@@H]1[C@@H]([Si](C)(C)F)[C@H](CC(=O)N2Cc3ccccc3C[C@H]2CO)O[C@@]12C(=O)N(Cc1ccccc1)c1ccc(N3C(=O)CCc4ccccc43)cc12. The second kappa shape index (κ2) is 13.1. The molecule has 0 bridgehead atoms. The molecule has 268 valence electrons. The molecule has 4 aliphatic rings. The first-order chi connectivity index (χ1) is 25.0. The van der Waals surface area contributed by atoms with Gasteiger partial charge in [-0.2, -0.15) is 0 Å². The number of carbonyl (C=O) groups is 3. The maximum atomic E-state index is 16.7. The fourth-order valence-corrected chi connectivity index (χ4v) is 11.8. The van der Waals surface area contributed by atoms with Crippen molar-refractivity contribution >= 4 is 43.2 Å². The number of rotatable bonds is 7. The van der Waals surface area contributed by atoms with Crippen molar-refractivity contribution in [2.75, 3.05) is 16.4 Å². The third-order valence-electron chi connectivity index (χ3n) is 11.7. The number of hydrogen-bond acceptors (Lipinski definition) is 5. The number of fused-ring (bicyclic) bond motifs is 4. The van der Waals surface area contributed by atoms with Crippen LogP contribution in [0.4, 0.5) is 21.2 Å². The van der Waals surface area contributed by atoms with Gasteiger partial charge in [0.1, 0.15) is 0 Å². The molecule has 0 aliphatic carbocycles. The first-order valence-electron chi connectivity index (χ1n) is 18.3. The Balaban J connectivity index is 1.21. The van der Waals surface area contributed by atoms with Crippen molar-refractivity contribution in [3.63, 3.8) is 0 Å². The van der Waals surface area contributed by atoms with Crippen LogP contribution in [0.1, 0.15) is 47.6 Å². The summed E-state index contributed by atoms with van der Waals surface area (Å²) in [5.41, 5.74) is 4.52. The van der Waals surface area contributed by atoms with Gasteiger partial charge < -0.3 is 23.8 Å². The zero-order chi connectivity index (χ0) is 36.4. The Bertz CT molecular complexity index is 2050. The molecule has 4 aromatic rings. The fraction of sp³-hybridized carbons (Fsp3) is 0.357. The van der Waals surface area contributed by atoms with Crippen molar-refractivity contribution in [2.24, 2.45) is 5.92 Å². The van der Waals surface area contributed by atoms with Gasteiger partial charge in [0, 0.05) is 35.7 Å². The quantitative estimate of drug-likeness (QED) is 0.165. The van der Waals surface area contributed by atoms with E-state index in [2.05, 4.69) is 0 Å². The summed E-state index contributed by atoms with van der Waals surface area (Å²) < 4.78 is 23.7. The highest BCUT2D eigenvalue weighted by molar-refractivity contribution is 6.72. The molecular weight excluding hydrogens is 674 g/mol. The van der Waals surface area contributed by atoms with Crippen molar-refractivity contribution < 1.29 is 28.3 Å². The van der Waals surface area contributed by atoms with Crippen LogP contribution in [0.5, 0.6) is 0 Å². The third-order valence-corrected chi connectivity index (χ3v) is 14.2. The van der Waals surface area contributed by atoms with Crippen LogP contribution in [0.2, 0.25) is 18.6 Å². The van der Waals surface area contributed by atoms with Crippen molar-refractivity contribution in [1.82, 2.24) is 4.90 Å². The zero-order valence-electron chi connectivity index (χ0n) is 29.8. The molecule has 4 heterocycles. The average molecular weight is 718 g/mol. The highest BCUT2D eigenvalue weighted by Crippen LogP contribution is 2.61. The average Bonchev–Trinajstić information content (AvgIpc) is 3.56. The van der Waals surface area contributed by atoms with Gasteiger partial charge >= 0.3 is 0 Å². The molecule has 10 heteroatoms. The lowest BCUT2D eigenvalue weighted by molar-refractivity contribution is -0.151. The number of amides is 3. The molecule has 1 N–H and O–H groups in total. The normalized spacial score (nSPS) is 25.4. The summed E-state index contributed by atoms with van der Waals surface area (Å²) in [6.07, 6.45) is 0.541. The Morgan fingerprint density at radius 3 is 2.33 bits per heavy atom. The number of nitrogens with zero attached hydrogens (tertiary/aromatic N) is 3. The number of hydrogen-bond donors (Lipinski definition) is 1. The minimum absolute atomic E-state index is 0.0428. The molecule has 8 rings (SSSR count). The van der Waals surface area contributed by atoms with E-state index in [1.165, 1.54) is 0 Å². The number of para-hydroxylation sites is 1. The number of aliphatic hydroxyl groups excluding tert-OH is 1. The minimum Gasteiger partial charge on any atom is -0.394 e. The number of ether oxygens (including phenoxy) is 1. The largest absolute Gasteiger partial charge is 0.394 e. The van der Waals surface area contributed by atoms with Crippen molar-refractivity contribution in [1.29, 1.82) is 0 Å². The first kappa shape index (κ1) is 34.4. The minimum atomic E-state index is -3.57. The lowest BCUT2D eigenvalue weighted by Gasteiger charge is -2.37. The van der Waals surface area contributed by atoms with Gasteiger partial charge in [0.2, 0.25) is 20.2 Å². The standard InChI is InChI=1S/C42H44FN3O5Si/c1-27-40(52(2,3)43)37(23-39(49)44-25-31-15-8-7-14-30(31)21-33(44)26-47)51-42(27)34-22-32(46-35-16-10-9-13-29(35)17-20-38(46)48)18-19-36(34)45(41(42)50)24-28-11-5-4-6-12-28/h4-16,18-19,22,27,33,37,40,47H,17,20-21,23-26H2,1-3H3/t27-,33+,37+,40-,42+/m1/s1. The van der Waals surface area contributed by atoms with Gasteiger partial charge in [-0.05, 0) is 72.5 Å². The molecule has 8 nitrogen and oxygen atoms in total. The fourth-order valence-electron chi connectivity index (χ4n) is 9.34. The van der Waals surface area contributed by atoms with Gasteiger partial charge in [0.15, 0.2) is 5.60 Å². The second-order valence-corrected chi connectivity index (χ2v) is 19.0. The number of anilines is 3. The van der Waals surface area contributed by atoms with E-state index < -0.39 is 37.6 Å². The van der Waals surface area contributed by atoms with E-state index in [4.69, 9.17) is 4.74 Å². The highest BCUT2D eigenvalue weighted by atomic mass is 28.4. The van der Waals surface area contributed by atoms with E-state index in [0.29, 0.717) is 42.7 Å². The molecule has 5 atom stereocenters. The van der Waals surface area contributed by atoms with Crippen LogP contribution in [0.25, 0.3) is 0 Å². The van der Waals surface area contributed by atoms with Gasteiger partial charge in [-0.3, -0.25) is 19.3 Å². The molecule has 4 aliphatic heterocycles. The first-order valence-corrected chi connectivity index (χ1v) is 21.2. The molecule has 1 spiro atoms. The van der Waals surface area contributed by atoms with Crippen molar-refractivity contribution in [3.05, 3.63) is 125 Å². The van der Waals surface area contributed by atoms with Crippen LogP contribution in [-0.4, -0.2) is 54.9 Å². The predicted molar refractivity (Wildman–Crippen MR) is 200 cm³/mol. The number of halogens is 1. The topological polar surface area (TPSA) is 90.4 Å². The van der Waals surface area contributed by atoms with Gasteiger partial charge in [0.05, 0.1) is 43.1 Å². The summed E-state index contributed by atoms with van der Waals surface area (Å²) in [6.45, 7) is 5.58. The highest BCUT2D eigenvalue weighted by Gasteiger charge is 2.67. The molecule has 0 unspecified atom stereocenters. The Hall–Kier alpha value is -4.64. The summed E-state index contributed by atoms with van der Waals surface area (Å²) >= 11 is 0. The molecule has 3 amide bonds. The lowest BCUT2D eigenvalue weighted by Crippen LogP contribution is -2.48. The third kappa shape index (κ3) is 5.59. The van der Waals surface area contributed by atoms with E-state index >= 15 is 8.90 Å². The van der Waals surface area contributed by atoms with Gasteiger partial charge in [-0.1, -0.05) is 79.7 Å². The summed E-state index contributed by atoms with van der Waals surface area (Å²) in [5, 5.41) is 10.3. The molecule has 0 aromatic heterocycles. The Morgan fingerprint density at radius 1 is 0.904 bits per heavy atom. The number of aryl methyl sites for hydroxylation is 1. The van der Waals surface area contributed by atoms with Gasteiger partial charge in [-0.15, -0.1) is 0 Å². The molecule has 4 aromatic carbocycles. The smallest absolute Gasteiger partial charge is 0.264 e. The molecule has 52 heavy (non-hydrogen) atoms. The monoisotopic (exact) mass is 717 g/mol. The maximum absolute atomic E-state index is 16.7. The predicted octanol–water partition coefficient (Wildman–Crippen LogP) is 6.96. The van der Waals surface area contributed by atoms with Crippen molar-refractivity contribution in [2.45, 2.75) is 82.1 Å². The Kier molecular flexibility index (Phi) is 8.67. The van der Waals surface area contributed by atoms with Crippen LogP contribution in [0, 0.1) is 5.92 Å². The summed E-state index contributed by atoms with van der Waals surface area (Å²) in [7, 11) is -3.57. The van der Waals surface area contributed by atoms with E-state index in [1.54, 1.807) is 27.8 Å². The van der Waals surface area contributed by atoms with Crippen LogP contribution in [0.15, 0.2) is 97.1 Å². The molecule has 0 radical (unpaired) electrons. The maximum Gasteiger partial charge on any atom is 0.264 e. The number of carbonyl (C=O) groups excluding carboxylic acids is 3. The Morgan fingerprint density at radius 2 is 1.60 bits per heavy atom. The molecule has 1 fully saturated rings. The van der Waals surface area contributed by atoms with E-state index in [-0.39, 0.29) is 37.3 Å². The van der Waals surface area contributed by atoms with Crippen LogP contribution < -0.4 is 9.80 Å². The summed E-state index contributed by atoms with van der Waals surface area (Å²) in [6, 6.07) is 30.7. The van der Waals surface area contributed by atoms with E-state index in [1.807, 2.05) is 104 Å². The van der Waals surface area contributed by atoms with Gasteiger partial charge in [-0.25, -0.2) is 0 Å². The second-order valence-electron chi connectivity index (χ2n) is 15.2. The summed E-state index contributed by atoms with van der Waals surface area (Å²) in [4.78, 5) is 48.0. The van der Waals surface area contributed by atoms with Crippen LogP contribution in [-0.2, 0) is 50.7 Å². The van der Waals surface area contributed by atoms with E-state index in [0.717, 1.165) is 27.9 Å². The van der Waals surface area contributed by atoms with Gasteiger partial charge in [0.25, 0.3) is 5.91 Å². The number of aliphatic hydroxyl groups is 1. The summed E-state index contributed by atoms with van der Waals surface area (Å²) in [5.74, 6) is -1.18. The number of benzene rings is 4. The van der Waals surface area contributed by atoms with Crippen LogP contribution >= 0.6 is 0 Å². The van der Waals surface area contributed by atoms with Crippen LogP contribution in [0.3, 0.4) is 0 Å². The molecular formula is C42H44FN3O5Si. The van der Waals surface area contributed by atoms with Crippen molar-refractivity contribution in [3.8, 4) is 0 Å². The molecule has 1 saturated heterocycles. The van der Waals surface area contributed by atoms with E-state index in [9.17, 15) is 14.7 Å². The molecule has 0 saturated carbocycles. The lowest BCUT2D eigenvalue weighted by atomic mass is 9.82.